The second-order valence-corrected chi connectivity index (χ2v) is 6.39. The van der Waals surface area contributed by atoms with E-state index in [9.17, 15) is 4.79 Å². The highest BCUT2D eigenvalue weighted by Crippen LogP contribution is 2.19. The normalized spacial score (nSPS) is 13.3. The van der Waals surface area contributed by atoms with Crippen molar-refractivity contribution >= 4 is 33.8 Å². The third-order valence-corrected chi connectivity index (χ3v) is 4.34. The fourth-order valence-electron chi connectivity index (χ4n) is 2.05. The Bertz CT molecular complexity index is 651. The summed E-state index contributed by atoms with van der Waals surface area (Å²) in [5.41, 5.74) is 0.891. The second-order valence-electron chi connectivity index (χ2n) is 5.09. The predicted octanol–water partition coefficient (Wildman–Crippen LogP) is 4.12. The smallest absolute Gasteiger partial charge is 0.272 e. The van der Waals surface area contributed by atoms with Crippen molar-refractivity contribution in [3.8, 4) is 0 Å². The predicted molar refractivity (Wildman–Crippen MR) is 80.1 cm³/mol. The van der Waals surface area contributed by atoms with Crippen LogP contribution >= 0.6 is 23.6 Å². The zero-order chi connectivity index (χ0) is 13.3. The molecule has 2 rings (SSSR count). The third kappa shape index (κ3) is 2.57. The first kappa shape index (κ1) is 13.5. The van der Waals surface area contributed by atoms with Gasteiger partial charge in [0.1, 0.15) is 4.70 Å². The molecule has 0 fully saturated rings. The van der Waals surface area contributed by atoms with Gasteiger partial charge in [0.2, 0.25) is 0 Å². The lowest BCUT2D eigenvalue weighted by Gasteiger charge is -2.16. The summed E-state index contributed by atoms with van der Waals surface area (Å²) in [5, 5.41) is 1.92. The molecular formula is C13H18N2OS2. The van der Waals surface area contributed by atoms with Gasteiger partial charge in [-0.3, -0.25) is 9.36 Å². The topological polar surface area (TPSA) is 37.8 Å². The highest BCUT2D eigenvalue weighted by Gasteiger charge is 2.12. The highest BCUT2D eigenvalue weighted by molar-refractivity contribution is 7.71. The molecule has 5 heteroatoms. The first-order valence-corrected chi connectivity index (χ1v) is 7.51. The van der Waals surface area contributed by atoms with Crippen molar-refractivity contribution in [1.29, 1.82) is 0 Å². The van der Waals surface area contributed by atoms with E-state index in [0.29, 0.717) is 10.7 Å². The number of fused-ring (bicyclic) bond motifs is 1. The van der Waals surface area contributed by atoms with Crippen LogP contribution in [0.5, 0.6) is 0 Å². The summed E-state index contributed by atoms with van der Waals surface area (Å²) in [6.45, 7) is 6.45. The Morgan fingerprint density at radius 1 is 1.39 bits per heavy atom. The van der Waals surface area contributed by atoms with Gasteiger partial charge in [-0.2, -0.15) is 0 Å². The second kappa shape index (κ2) is 5.36. The van der Waals surface area contributed by atoms with Crippen LogP contribution in [0.1, 0.15) is 39.7 Å². The van der Waals surface area contributed by atoms with E-state index >= 15 is 0 Å². The molecule has 0 saturated carbocycles. The van der Waals surface area contributed by atoms with Gasteiger partial charge in [0.25, 0.3) is 5.56 Å². The maximum Gasteiger partial charge on any atom is 0.272 e. The summed E-state index contributed by atoms with van der Waals surface area (Å²) in [7, 11) is 0. The number of hydrogen-bond acceptors (Lipinski definition) is 3. The average molecular weight is 282 g/mol. The zero-order valence-electron chi connectivity index (χ0n) is 10.9. The molecule has 0 aliphatic carbocycles. The number of hydrogen-bond donors (Lipinski definition) is 1. The summed E-state index contributed by atoms with van der Waals surface area (Å²) in [5.74, 6) is 0.645. The molecule has 0 bridgehead atoms. The summed E-state index contributed by atoms with van der Waals surface area (Å²) in [6.07, 6.45) is 2.08. The standard InChI is InChI=1S/C13H18N2OS2/c1-8(2)4-5-9(3)15-12(16)11-10(6-7-18-11)14-13(15)17/h6-9H,4-5H2,1-3H3,(H,14,17). The van der Waals surface area contributed by atoms with Gasteiger partial charge in [0.05, 0.1) is 5.52 Å². The number of aromatic nitrogens is 2. The quantitative estimate of drug-likeness (QED) is 0.857. The molecule has 2 aromatic heterocycles. The Kier molecular flexibility index (Phi) is 4.02. The van der Waals surface area contributed by atoms with Gasteiger partial charge in [0, 0.05) is 6.04 Å². The van der Waals surface area contributed by atoms with Crippen LogP contribution in [-0.4, -0.2) is 9.55 Å². The summed E-state index contributed by atoms with van der Waals surface area (Å²) >= 11 is 6.77. The fourth-order valence-corrected chi connectivity index (χ4v) is 3.21. The van der Waals surface area contributed by atoms with E-state index in [4.69, 9.17) is 12.2 Å². The van der Waals surface area contributed by atoms with Gasteiger partial charge in [-0.05, 0) is 49.3 Å². The number of nitrogens with zero attached hydrogens (tertiary/aromatic N) is 1. The molecular weight excluding hydrogens is 264 g/mol. The van der Waals surface area contributed by atoms with Gasteiger partial charge in [-0.25, -0.2) is 0 Å². The minimum absolute atomic E-state index is 0.0417. The van der Waals surface area contributed by atoms with Crippen LogP contribution in [0.25, 0.3) is 10.2 Å². The van der Waals surface area contributed by atoms with Gasteiger partial charge < -0.3 is 4.98 Å². The van der Waals surface area contributed by atoms with Crippen LogP contribution in [-0.2, 0) is 0 Å². The van der Waals surface area contributed by atoms with Gasteiger partial charge >= 0.3 is 0 Å². The largest absolute Gasteiger partial charge is 0.331 e. The first-order chi connectivity index (χ1) is 8.50. The molecule has 0 aliphatic heterocycles. The van der Waals surface area contributed by atoms with Crippen LogP contribution in [0, 0.1) is 10.7 Å². The Morgan fingerprint density at radius 2 is 2.11 bits per heavy atom. The van der Waals surface area contributed by atoms with Crippen molar-refractivity contribution in [3.05, 3.63) is 26.6 Å². The van der Waals surface area contributed by atoms with Crippen molar-refractivity contribution in [3.63, 3.8) is 0 Å². The zero-order valence-corrected chi connectivity index (χ0v) is 12.5. The van der Waals surface area contributed by atoms with Crippen LogP contribution in [0.3, 0.4) is 0 Å². The molecule has 0 saturated heterocycles. The molecule has 0 radical (unpaired) electrons. The van der Waals surface area contributed by atoms with E-state index in [2.05, 4.69) is 25.8 Å². The molecule has 1 unspecified atom stereocenters. The van der Waals surface area contributed by atoms with Crippen molar-refractivity contribution in [2.45, 2.75) is 39.7 Å². The van der Waals surface area contributed by atoms with Crippen molar-refractivity contribution in [2.75, 3.05) is 0 Å². The molecule has 98 valence electrons. The van der Waals surface area contributed by atoms with Crippen LogP contribution < -0.4 is 5.56 Å². The molecule has 0 spiro atoms. The van der Waals surface area contributed by atoms with Crippen LogP contribution in [0.15, 0.2) is 16.2 Å². The number of H-pyrrole nitrogens is 1. The number of thiophene rings is 1. The molecule has 2 heterocycles. The molecule has 1 N–H and O–H groups in total. The summed E-state index contributed by atoms with van der Waals surface area (Å²) in [4.78, 5) is 15.5. The highest BCUT2D eigenvalue weighted by atomic mass is 32.1. The lowest BCUT2D eigenvalue weighted by Crippen LogP contribution is -2.24. The van der Waals surface area contributed by atoms with Gasteiger partial charge in [-0.15, -0.1) is 11.3 Å². The lowest BCUT2D eigenvalue weighted by molar-refractivity contribution is 0.426. The van der Waals surface area contributed by atoms with Crippen molar-refractivity contribution in [1.82, 2.24) is 9.55 Å². The number of nitrogens with one attached hydrogen (secondary N) is 1. The molecule has 18 heavy (non-hydrogen) atoms. The number of aromatic amines is 1. The maximum absolute atomic E-state index is 12.4. The van der Waals surface area contributed by atoms with Crippen LogP contribution in [0.2, 0.25) is 0 Å². The van der Waals surface area contributed by atoms with Gasteiger partial charge in [-0.1, -0.05) is 13.8 Å². The number of rotatable bonds is 4. The molecule has 0 aliphatic rings. The average Bonchev–Trinajstić information content (AvgIpc) is 2.74. The maximum atomic E-state index is 12.4. The fraction of sp³-hybridized carbons (Fsp3) is 0.538. The van der Waals surface area contributed by atoms with E-state index in [-0.39, 0.29) is 11.6 Å². The first-order valence-electron chi connectivity index (χ1n) is 6.22. The monoisotopic (exact) mass is 282 g/mol. The molecule has 3 nitrogen and oxygen atoms in total. The molecule has 0 aromatic carbocycles. The SMILES string of the molecule is CC(C)CCC(C)n1c(=S)[nH]c2ccsc2c1=O. The Morgan fingerprint density at radius 3 is 2.78 bits per heavy atom. The van der Waals surface area contributed by atoms with Gasteiger partial charge in [0.15, 0.2) is 4.77 Å². The van der Waals surface area contributed by atoms with Crippen molar-refractivity contribution < 1.29 is 0 Å². The molecule has 1 atom stereocenters. The van der Waals surface area contributed by atoms with Crippen LogP contribution in [0.4, 0.5) is 0 Å². The Hall–Kier alpha value is -0.940. The van der Waals surface area contributed by atoms with E-state index in [1.807, 2.05) is 11.4 Å². The lowest BCUT2D eigenvalue weighted by atomic mass is 10.0. The van der Waals surface area contributed by atoms with Crippen molar-refractivity contribution in [2.24, 2.45) is 5.92 Å². The minimum atomic E-state index is 0.0417. The molecule has 2 aromatic rings. The minimum Gasteiger partial charge on any atom is -0.331 e. The summed E-state index contributed by atoms with van der Waals surface area (Å²) in [6, 6.07) is 2.05. The third-order valence-electron chi connectivity index (χ3n) is 3.14. The molecule has 0 amide bonds. The van der Waals surface area contributed by atoms with E-state index in [0.717, 1.165) is 23.1 Å². The van der Waals surface area contributed by atoms with E-state index in [1.165, 1.54) is 11.3 Å². The Labute approximate surface area is 115 Å². The van der Waals surface area contributed by atoms with E-state index in [1.54, 1.807) is 4.57 Å². The Balaban J connectivity index is 2.43. The summed E-state index contributed by atoms with van der Waals surface area (Å²) < 4.78 is 3.01. The van der Waals surface area contributed by atoms with E-state index < -0.39 is 0 Å².